The number of nitrogens with one attached hydrogen (secondary N) is 1. The van der Waals surface area contributed by atoms with Crippen LogP contribution in [0.4, 0.5) is 5.69 Å². The van der Waals surface area contributed by atoms with Crippen molar-refractivity contribution in [3.63, 3.8) is 0 Å². The maximum absolute atomic E-state index is 6.02. The van der Waals surface area contributed by atoms with Crippen LogP contribution < -0.4 is 10.1 Å². The summed E-state index contributed by atoms with van der Waals surface area (Å²) in [4.78, 5) is 0. The Morgan fingerprint density at radius 3 is 2.94 bits per heavy atom. The van der Waals surface area contributed by atoms with Crippen molar-refractivity contribution in [2.75, 3.05) is 19.0 Å². The van der Waals surface area contributed by atoms with E-state index in [0.717, 1.165) is 30.9 Å². The molecule has 0 unspecified atom stereocenters. The van der Waals surface area contributed by atoms with Crippen molar-refractivity contribution in [3.8, 4) is 5.75 Å². The van der Waals surface area contributed by atoms with Gasteiger partial charge in [-0.3, -0.25) is 0 Å². The summed E-state index contributed by atoms with van der Waals surface area (Å²) in [5, 5.41) is 3.49. The van der Waals surface area contributed by atoms with Gasteiger partial charge in [-0.15, -0.1) is 0 Å². The Kier molecular flexibility index (Phi) is 4.48. The van der Waals surface area contributed by atoms with Gasteiger partial charge in [0, 0.05) is 18.2 Å². The van der Waals surface area contributed by atoms with Crippen LogP contribution in [0.2, 0.25) is 0 Å². The van der Waals surface area contributed by atoms with Gasteiger partial charge in [0.2, 0.25) is 0 Å². The smallest absolute Gasteiger partial charge is 0.142 e. The summed E-state index contributed by atoms with van der Waals surface area (Å²) >= 11 is 0. The average molecular weight is 249 g/mol. The number of ether oxygens (including phenoxy) is 2. The first kappa shape index (κ1) is 13.2. The lowest BCUT2D eigenvalue weighted by Gasteiger charge is -2.32. The number of anilines is 1. The molecule has 0 radical (unpaired) electrons. The van der Waals surface area contributed by atoms with E-state index in [0.29, 0.717) is 6.04 Å². The van der Waals surface area contributed by atoms with Crippen molar-refractivity contribution in [1.82, 2.24) is 0 Å². The molecule has 1 aromatic rings. The fourth-order valence-corrected chi connectivity index (χ4v) is 2.42. The molecule has 1 heterocycles. The first-order valence-electron chi connectivity index (χ1n) is 6.81. The zero-order valence-electron chi connectivity index (χ0n) is 11.5. The standard InChI is InChI=1S/C15H23NO2/c1-4-5-9-18-14-10-11(2)16-15-12(14)7-6-8-13(15)17-3/h6-8,11,14,16H,4-5,9-10H2,1-3H3/t11-,14-/m1/s1. The lowest BCUT2D eigenvalue weighted by atomic mass is 9.95. The van der Waals surface area contributed by atoms with E-state index in [4.69, 9.17) is 9.47 Å². The van der Waals surface area contributed by atoms with E-state index in [1.165, 1.54) is 12.0 Å². The van der Waals surface area contributed by atoms with Gasteiger partial charge in [-0.1, -0.05) is 25.5 Å². The van der Waals surface area contributed by atoms with E-state index in [1.54, 1.807) is 7.11 Å². The Labute approximate surface area is 109 Å². The van der Waals surface area contributed by atoms with E-state index in [-0.39, 0.29) is 6.10 Å². The van der Waals surface area contributed by atoms with E-state index in [9.17, 15) is 0 Å². The second-order valence-electron chi connectivity index (χ2n) is 4.92. The maximum Gasteiger partial charge on any atom is 0.142 e. The number of hydrogen-bond acceptors (Lipinski definition) is 3. The molecule has 2 rings (SSSR count). The minimum atomic E-state index is 0.192. The minimum Gasteiger partial charge on any atom is -0.495 e. The number of methoxy groups -OCH3 is 1. The van der Waals surface area contributed by atoms with Gasteiger partial charge in [-0.05, 0) is 25.8 Å². The molecule has 0 amide bonds. The monoisotopic (exact) mass is 249 g/mol. The van der Waals surface area contributed by atoms with Gasteiger partial charge in [0.05, 0.1) is 18.9 Å². The highest BCUT2D eigenvalue weighted by Crippen LogP contribution is 2.40. The quantitative estimate of drug-likeness (QED) is 0.806. The van der Waals surface area contributed by atoms with Crippen LogP contribution in [0.3, 0.4) is 0 Å². The van der Waals surface area contributed by atoms with Crippen LogP contribution in [0.15, 0.2) is 18.2 Å². The molecule has 0 saturated carbocycles. The third-order valence-electron chi connectivity index (χ3n) is 3.40. The van der Waals surface area contributed by atoms with Crippen LogP contribution in [-0.2, 0) is 4.74 Å². The molecule has 0 fully saturated rings. The van der Waals surface area contributed by atoms with Crippen LogP contribution in [0.5, 0.6) is 5.75 Å². The number of unbranched alkanes of at least 4 members (excludes halogenated alkanes) is 1. The highest BCUT2D eigenvalue weighted by Gasteiger charge is 2.26. The van der Waals surface area contributed by atoms with Gasteiger partial charge >= 0.3 is 0 Å². The number of para-hydroxylation sites is 1. The molecule has 0 aliphatic carbocycles. The largest absolute Gasteiger partial charge is 0.495 e. The SMILES string of the molecule is CCCCO[C@@H]1C[C@@H](C)Nc2c(OC)cccc21. The van der Waals surface area contributed by atoms with Crippen LogP contribution in [0, 0.1) is 0 Å². The van der Waals surface area contributed by atoms with Crippen LogP contribution in [0.1, 0.15) is 44.8 Å². The van der Waals surface area contributed by atoms with E-state index in [1.807, 2.05) is 12.1 Å². The van der Waals surface area contributed by atoms with Crippen LogP contribution in [0.25, 0.3) is 0 Å². The van der Waals surface area contributed by atoms with Gasteiger partial charge < -0.3 is 14.8 Å². The number of rotatable bonds is 5. The zero-order valence-corrected chi connectivity index (χ0v) is 11.5. The molecule has 18 heavy (non-hydrogen) atoms. The van der Waals surface area contributed by atoms with Crippen molar-refractivity contribution in [2.45, 2.75) is 45.3 Å². The molecule has 1 aliphatic rings. The molecule has 2 atom stereocenters. The zero-order chi connectivity index (χ0) is 13.0. The molecule has 3 heteroatoms. The Balaban J connectivity index is 2.20. The summed E-state index contributed by atoms with van der Waals surface area (Å²) in [6.07, 6.45) is 3.50. The summed E-state index contributed by atoms with van der Waals surface area (Å²) in [5.41, 5.74) is 2.32. The highest BCUT2D eigenvalue weighted by molar-refractivity contribution is 5.64. The summed E-state index contributed by atoms with van der Waals surface area (Å²) in [7, 11) is 1.71. The Morgan fingerprint density at radius 1 is 1.39 bits per heavy atom. The summed E-state index contributed by atoms with van der Waals surface area (Å²) in [6.45, 7) is 5.21. The normalized spacial score (nSPS) is 22.2. The molecule has 100 valence electrons. The highest BCUT2D eigenvalue weighted by atomic mass is 16.5. The van der Waals surface area contributed by atoms with Gasteiger partial charge in [-0.25, -0.2) is 0 Å². The first-order valence-corrected chi connectivity index (χ1v) is 6.81. The first-order chi connectivity index (χ1) is 8.76. The number of benzene rings is 1. The second-order valence-corrected chi connectivity index (χ2v) is 4.92. The fourth-order valence-electron chi connectivity index (χ4n) is 2.42. The topological polar surface area (TPSA) is 30.5 Å². The maximum atomic E-state index is 6.02. The van der Waals surface area contributed by atoms with Crippen LogP contribution >= 0.6 is 0 Å². The molecule has 3 nitrogen and oxygen atoms in total. The lowest BCUT2D eigenvalue weighted by molar-refractivity contribution is 0.0399. The molecule has 0 saturated heterocycles. The van der Waals surface area contributed by atoms with Gasteiger partial charge in [0.1, 0.15) is 5.75 Å². The number of fused-ring (bicyclic) bond motifs is 1. The fraction of sp³-hybridized carbons (Fsp3) is 0.600. The molecule has 0 aromatic heterocycles. The van der Waals surface area contributed by atoms with E-state index >= 15 is 0 Å². The van der Waals surface area contributed by atoms with Crippen molar-refractivity contribution in [3.05, 3.63) is 23.8 Å². The predicted octanol–water partition coefficient (Wildman–Crippen LogP) is 3.76. The second kappa shape index (κ2) is 6.10. The van der Waals surface area contributed by atoms with Crippen LogP contribution in [-0.4, -0.2) is 19.8 Å². The summed E-state index contributed by atoms with van der Waals surface area (Å²) < 4.78 is 11.4. The third kappa shape index (κ3) is 2.78. The molecule has 1 aromatic carbocycles. The molecule has 1 N–H and O–H groups in total. The van der Waals surface area contributed by atoms with Crippen molar-refractivity contribution >= 4 is 5.69 Å². The molecular formula is C15H23NO2. The van der Waals surface area contributed by atoms with Gasteiger partial charge in [0.15, 0.2) is 0 Å². The predicted molar refractivity (Wildman–Crippen MR) is 74.3 cm³/mol. The van der Waals surface area contributed by atoms with Gasteiger partial charge in [0.25, 0.3) is 0 Å². The Hall–Kier alpha value is -1.22. The van der Waals surface area contributed by atoms with Crippen molar-refractivity contribution in [2.24, 2.45) is 0 Å². The van der Waals surface area contributed by atoms with Crippen molar-refractivity contribution in [1.29, 1.82) is 0 Å². The third-order valence-corrected chi connectivity index (χ3v) is 3.40. The summed E-state index contributed by atoms with van der Waals surface area (Å²) in [5.74, 6) is 0.906. The van der Waals surface area contributed by atoms with Crippen molar-refractivity contribution < 1.29 is 9.47 Å². The van der Waals surface area contributed by atoms with E-state index < -0.39 is 0 Å². The number of hydrogen-bond donors (Lipinski definition) is 1. The molecule has 0 spiro atoms. The lowest BCUT2D eigenvalue weighted by Crippen LogP contribution is -2.27. The Bertz CT molecular complexity index is 392. The Morgan fingerprint density at radius 2 is 2.22 bits per heavy atom. The minimum absolute atomic E-state index is 0.192. The van der Waals surface area contributed by atoms with E-state index in [2.05, 4.69) is 25.2 Å². The summed E-state index contributed by atoms with van der Waals surface area (Å²) in [6, 6.07) is 6.58. The molecule has 1 aliphatic heterocycles. The molecular weight excluding hydrogens is 226 g/mol. The average Bonchev–Trinajstić information content (AvgIpc) is 2.38. The van der Waals surface area contributed by atoms with Gasteiger partial charge in [-0.2, -0.15) is 0 Å². The molecule has 0 bridgehead atoms.